The molecular formula is C13H19FO3. The summed E-state index contributed by atoms with van der Waals surface area (Å²) in [6.45, 7) is 5.07. The van der Waals surface area contributed by atoms with E-state index >= 15 is 0 Å². The highest BCUT2D eigenvalue weighted by molar-refractivity contribution is 5.30. The average Bonchev–Trinajstić information content (AvgIpc) is 2.27. The van der Waals surface area contributed by atoms with E-state index in [0.717, 1.165) is 0 Å². The number of hydrogen-bond acceptors (Lipinski definition) is 3. The fraction of sp³-hybridized carbons (Fsp3) is 0.538. The van der Waals surface area contributed by atoms with E-state index in [1.54, 1.807) is 19.9 Å². The van der Waals surface area contributed by atoms with E-state index in [-0.39, 0.29) is 12.4 Å². The maximum atomic E-state index is 13.6. The molecule has 1 aromatic carbocycles. The Labute approximate surface area is 101 Å². The summed E-state index contributed by atoms with van der Waals surface area (Å²) in [6.07, 6.45) is -0.183. The Morgan fingerprint density at radius 3 is 2.59 bits per heavy atom. The van der Waals surface area contributed by atoms with Crippen LogP contribution in [0.25, 0.3) is 0 Å². The molecule has 0 amide bonds. The second-order valence-electron chi connectivity index (χ2n) is 4.51. The highest BCUT2D eigenvalue weighted by atomic mass is 19.1. The van der Waals surface area contributed by atoms with Gasteiger partial charge in [-0.15, -0.1) is 0 Å². The Morgan fingerprint density at radius 2 is 2.12 bits per heavy atom. The smallest absolute Gasteiger partial charge is 0.165 e. The van der Waals surface area contributed by atoms with Crippen molar-refractivity contribution >= 4 is 0 Å². The van der Waals surface area contributed by atoms with Crippen molar-refractivity contribution in [3.63, 3.8) is 0 Å². The third-order valence-corrected chi connectivity index (χ3v) is 2.74. The van der Waals surface area contributed by atoms with Crippen LogP contribution in [0, 0.1) is 5.82 Å². The Hall–Kier alpha value is -1.13. The van der Waals surface area contributed by atoms with Crippen molar-refractivity contribution in [3.05, 3.63) is 29.6 Å². The molecule has 0 aliphatic rings. The number of hydrogen-bond donors (Lipinski definition) is 2. The minimum Gasteiger partial charge on any atom is -0.488 e. The van der Waals surface area contributed by atoms with Gasteiger partial charge in [0, 0.05) is 0 Å². The standard InChI is InChI=1S/C13H19FO3/c1-4-13(3,16)8-17-12-6-5-10(9(2)15)7-11(12)14/h5-7,9,15-16H,4,8H2,1-3H3. The zero-order valence-corrected chi connectivity index (χ0v) is 10.4. The number of rotatable bonds is 5. The van der Waals surface area contributed by atoms with E-state index in [4.69, 9.17) is 4.74 Å². The summed E-state index contributed by atoms with van der Waals surface area (Å²) in [5, 5.41) is 19.0. The Balaban J connectivity index is 2.73. The second-order valence-corrected chi connectivity index (χ2v) is 4.51. The fourth-order valence-corrected chi connectivity index (χ4v) is 1.23. The van der Waals surface area contributed by atoms with Gasteiger partial charge in [-0.1, -0.05) is 13.0 Å². The van der Waals surface area contributed by atoms with E-state index in [1.165, 1.54) is 12.1 Å². The lowest BCUT2D eigenvalue weighted by Gasteiger charge is -2.21. The molecule has 2 N–H and O–H groups in total. The molecule has 0 saturated heterocycles. The molecule has 0 aliphatic heterocycles. The molecule has 1 aromatic rings. The third-order valence-electron chi connectivity index (χ3n) is 2.74. The lowest BCUT2D eigenvalue weighted by molar-refractivity contribution is 0.00731. The van der Waals surface area contributed by atoms with Gasteiger partial charge in [0.2, 0.25) is 0 Å². The van der Waals surface area contributed by atoms with Crippen molar-refractivity contribution in [1.82, 2.24) is 0 Å². The molecule has 0 heterocycles. The molecule has 0 spiro atoms. The zero-order valence-electron chi connectivity index (χ0n) is 10.4. The van der Waals surface area contributed by atoms with Crippen molar-refractivity contribution in [2.75, 3.05) is 6.61 Å². The normalized spacial score (nSPS) is 16.4. The average molecular weight is 242 g/mol. The van der Waals surface area contributed by atoms with Crippen LogP contribution in [0.15, 0.2) is 18.2 Å². The molecule has 0 saturated carbocycles. The van der Waals surface area contributed by atoms with Crippen LogP contribution in [0.3, 0.4) is 0 Å². The van der Waals surface area contributed by atoms with E-state index < -0.39 is 17.5 Å². The van der Waals surface area contributed by atoms with Gasteiger partial charge in [0.1, 0.15) is 6.61 Å². The SMILES string of the molecule is CCC(C)(O)COc1ccc(C(C)O)cc1F. The first kappa shape index (κ1) is 13.9. The van der Waals surface area contributed by atoms with Crippen LogP contribution in [-0.2, 0) is 0 Å². The Kier molecular flexibility index (Phi) is 4.48. The van der Waals surface area contributed by atoms with E-state index in [2.05, 4.69) is 0 Å². The van der Waals surface area contributed by atoms with Gasteiger partial charge in [-0.2, -0.15) is 0 Å². The van der Waals surface area contributed by atoms with Crippen molar-refractivity contribution < 1.29 is 19.3 Å². The number of aliphatic hydroxyl groups is 2. The fourth-order valence-electron chi connectivity index (χ4n) is 1.23. The van der Waals surface area contributed by atoms with Crippen LogP contribution in [0.5, 0.6) is 5.75 Å². The summed E-state index contributed by atoms with van der Waals surface area (Å²) in [4.78, 5) is 0. The highest BCUT2D eigenvalue weighted by Gasteiger charge is 2.19. The summed E-state index contributed by atoms with van der Waals surface area (Å²) in [6, 6.07) is 4.30. The second kappa shape index (κ2) is 5.47. The first-order valence-electron chi connectivity index (χ1n) is 5.68. The van der Waals surface area contributed by atoms with Crippen molar-refractivity contribution in [1.29, 1.82) is 0 Å². The molecule has 17 heavy (non-hydrogen) atoms. The van der Waals surface area contributed by atoms with Gasteiger partial charge in [0.25, 0.3) is 0 Å². The van der Waals surface area contributed by atoms with Crippen LogP contribution in [-0.4, -0.2) is 22.4 Å². The van der Waals surface area contributed by atoms with Gasteiger partial charge in [-0.05, 0) is 38.0 Å². The van der Waals surface area contributed by atoms with Crippen molar-refractivity contribution in [2.24, 2.45) is 0 Å². The molecule has 1 rings (SSSR count). The van der Waals surface area contributed by atoms with Gasteiger partial charge in [0.05, 0.1) is 11.7 Å². The van der Waals surface area contributed by atoms with Gasteiger partial charge < -0.3 is 14.9 Å². The Bertz CT molecular complexity index is 375. The molecule has 0 radical (unpaired) electrons. The van der Waals surface area contributed by atoms with Gasteiger partial charge in [-0.3, -0.25) is 0 Å². The van der Waals surface area contributed by atoms with Crippen LogP contribution >= 0.6 is 0 Å². The predicted octanol–water partition coefficient (Wildman–Crippen LogP) is 2.42. The first-order chi connectivity index (χ1) is 7.85. The number of halogens is 1. The Morgan fingerprint density at radius 1 is 1.47 bits per heavy atom. The number of ether oxygens (including phenoxy) is 1. The molecule has 0 fully saturated rings. The minimum absolute atomic E-state index is 0.0362. The topological polar surface area (TPSA) is 49.7 Å². The molecule has 4 heteroatoms. The van der Waals surface area contributed by atoms with Crippen molar-refractivity contribution in [2.45, 2.75) is 38.9 Å². The molecule has 0 bridgehead atoms. The van der Waals surface area contributed by atoms with E-state index in [9.17, 15) is 14.6 Å². The highest BCUT2D eigenvalue weighted by Crippen LogP contribution is 2.23. The summed E-state index contributed by atoms with van der Waals surface area (Å²) in [7, 11) is 0. The molecule has 96 valence electrons. The van der Waals surface area contributed by atoms with Crippen LogP contribution in [0.4, 0.5) is 4.39 Å². The molecular weight excluding hydrogens is 223 g/mol. The van der Waals surface area contributed by atoms with E-state index in [0.29, 0.717) is 12.0 Å². The van der Waals surface area contributed by atoms with Gasteiger partial charge >= 0.3 is 0 Å². The monoisotopic (exact) mass is 242 g/mol. The first-order valence-corrected chi connectivity index (χ1v) is 5.68. The summed E-state index contributed by atoms with van der Waals surface area (Å²) < 4.78 is 18.8. The zero-order chi connectivity index (χ0) is 13.1. The summed E-state index contributed by atoms with van der Waals surface area (Å²) in [5.41, 5.74) is -0.466. The molecule has 0 aromatic heterocycles. The summed E-state index contributed by atoms with van der Waals surface area (Å²) in [5.74, 6) is -0.446. The number of aliphatic hydroxyl groups excluding tert-OH is 1. The van der Waals surface area contributed by atoms with Crippen LogP contribution in [0.2, 0.25) is 0 Å². The third kappa shape index (κ3) is 3.98. The summed E-state index contributed by atoms with van der Waals surface area (Å²) >= 11 is 0. The molecule has 0 aliphatic carbocycles. The quantitative estimate of drug-likeness (QED) is 0.833. The van der Waals surface area contributed by atoms with Gasteiger partial charge in [-0.25, -0.2) is 4.39 Å². The van der Waals surface area contributed by atoms with Crippen LogP contribution in [0.1, 0.15) is 38.9 Å². The predicted molar refractivity (Wildman–Crippen MR) is 63.4 cm³/mol. The largest absolute Gasteiger partial charge is 0.488 e. The lowest BCUT2D eigenvalue weighted by Crippen LogP contribution is -2.31. The maximum absolute atomic E-state index is 13.6. The van der Waals surface area contributed by atoms with Crippen molar-refractivity contribution in [3.8, 4) is 5.75 Å². The van der Waals surface area contributed by atoms with E-state index in [1.807, 2.05) is 6.92 Å². The molecule has 3 nitrogen and oxygen atoms in total. The maximum Gasteiger partial charge on any atom is 0.165 e. The van der Waals surface area contributed by atoms with Gasteiger partial charge in [0.15, 0.2) is 11.6 Å². The molecule has 2 atom stereocenters. The molecule has 2 unspecified atom stereocenters. The minimum atomic E-state index is -0.963. The lowest BCUT2D eigenvalue weighted by atomic mass is 10.1. The number of benzene rings is 1. The van der Waals surface area contributed by atoms with Crippen LogP contribution < -0.4 is 4.74 Å².